The van der Waals surface area contributed by atoms with Crippen molar-refractivity contribution in [2.45, 2.75) is 77.5 Å². The number of nitriles is 1. The van der Waals surface area contributed by atoms with Crippen molar-refractivity contribution in [3.05, 3.63) is 52.3 Å². The van der Waals surface area contributed by atoms with Crippen LogP contribution in [0.5, 0.6) is 0 Å². The minimum absolute atomic E-state index is 0.0701. The number of aliphatic hydroxyl groups excluding tert-OH is 1. The Morgan fingerprint density at radius 2 is 1.62 bits per heavy atom. The largest absolute Gasteiger partial charge is 0.416 e. The van der Waals surface area contributed by atoms with Crippen LogP contribution in [0.15, 0.2) is 24.4 Å². The number of aromatic nitrogens is 4. The van der Waals surface area contributed by atoms with Gasteiger partial charge in [-0.15, -0.1) is 0 Å². The third-order valence-electron chi connectivity index (χ3n) is 6.87. The molecule has 42 heavy (non-hydrogen) atoms. The van der Waals surface area contributed by atoms with E-state index in [0.29, 0.717) is 49.3 Å². The van der Waals surface area contributed by atoms with Crippen LogP contribution in [-0.4, -0.2) is 54.7 Å². The molecule has 4 rings (SSSR count). The van der Waals surface area contributed by atoms with Crippen molar-refractivity contribution in [2.24, 2.45) is 0 Å². The first-order valence-corrected chi connectivity index (χ1v) is 13.1. The number of benzene rings is 1. The summed E-state index contributed by atoms with van der Waals surface area (Å²) in [6.45, 7) is 7.66. The molecule has 0 radical (unpaired) electrons. The van der Waals surface area contributed by atoms with E-state index in [-0.39, 0.29) is 41.3 Å². The lowest BCUT2D eigenvalue weighted by Crippen LogP contribution is -2.46. The molecule has 0 aliphatic carbocycles. The molecule has 0 amide bonds. The fourth-order valence-electron chi connectivity index (χ4n) is 4.90. The Labute approximate surface area is 238 Å². The van der Waals surface area contributed by atoms with Gasteiger partial charge < -0.3 is 15.6 Å². The van der Waals surface area contributed by atoms with E-state index in [1.54, 1.807) is 16.5 Å². The third kappa shape index (κ3) is 6.88. The van der Waals surface area contributed by atoms with E-state index in [1.807, 2.05) is 26.8 Å². The molecule has 2 aromatic heterocycles. The van der Waals surface area contributed by atoms with E-state index in [1.165, 1.54) is 10.9 Å². The van der Waals surface area contributed by atoms with Gasteiger partial charge in [-0.05, 0) is 64.3 Å². The molecule has 9 nitrogen and oxygen atoms in total. The van der Waals surface area contributed by atoms with E-state index in [4.69, 9.17) is 10.5 Å². The molecule has 1 aliphatic rings. The molecule has 3 N–H and O–H groups in total. The summed E-state index contributed by atoms with van der Waals surface area (Å²) in [5, 5.41) is 29.1. The number of halogens is 6. The number of hydrogen-bond acceptors (Lipinski definition) is 7. The summed E-state index contributed by atoms with van der Waals surface area (Å²) < 4.78 is 88.2. The summed E-state index contributed by atoms with van der Waals surface area (Å²) in [6, 6.07) is 3.22. The summed E-state index contributed by atoms with van der Waals surface area (Å²) >= 11 is 0. The molecule has 1 aliphatic heterocycles. The van der Waals surface area contributed by atoms with Crippen molar-refractivity contribution in [2.75, 3.05) is 18.8 Å². The summed E-state index contributed by atoms with van der Waals surface area (Å²) in [7, 11) is 0. The second-order valence-electron chi connectivity index (χ2n) is 11.2. The van der Waals surface area contributed by atoms with Gasteiger partial charge in [0.2, 0.25) is 6.41 Å². The normalized spacial score (nSPS) is 16.5. The molecule has 0 spiro atoms. The Kier molecular flexibility index (Phi) is 8.38. The highest BCUT2D eigenvalue weighted by atomic mass is 19.4. The van der Waals surface area contributed by atoms with Crippen LogP contribution in [0.1, 0.15) is 67.6 Å². The highest BCUT2D eigenvalue weighted by Gasteiger charge is 2.37. The molecular formula is C27H31F6N7O2. The van der Waals surface area contributed by atoms with Gasteiger partial charge in [-0.3, -0.25) is 9.58 Å². The van der Waals surface area contributed by atoms with Crippen LogP contribution in [0.4, 0.5) is 32.2 Å². The van der Waals surface area contributed by atoms with Crippen LogP contribution < -0.4 is 5.73 Å². The van der Waals surface area contributed by atoms with Gasteiger partial charge in [0.25, 0.3) is 0 Å². The number of aliphatic hydroxyl groups is 1. The van der Waals surface area contributed by atoms with Gasteiger partial charge in [-0.2, -0.15) is 41.8 Å². The predicted octanol–water partition coefficient (Wildman–Crippen LogP) is 5.32. The van der Waals surface area contributed by atoms with Crippen LogP contribution in [0.3, 0.4) is 0 Å². The number of anilines is 1. The maximum Gasteiger partial charge on any atom is 0.416 e. The monoisotopic (exact) mass is 599 g/mol. The van der Waals surface area contributed by atoms with Crippen molar-refractivity contribution in [3.63, 3.8) is 0 Å². The van der Waals surface area contributed by atoms with Gasteiger partial charge >= 0.3 is 12.4 Å². The molecular weight excluding hydrogens is 568 g/mol. The number of nitrogens with two attached hydrogens (primary N) is 1. The highest BCUT2D eigenvalue weighted by Crippen LogP contribution is 2.37. The minimum atomic E-state index is -4.97. The zero-order valence-electron chi connectivity index (χ0n) is 23.4. The molecule has 228 valence electrons. The number of nitrogen functional groups attached to an aromatic ring is 1. The smallest absolute Gasteiger partial charge is 0.383 e. The standard InChI is InChI=1S/C27H31F6N7O2/c1-15-21(14-39(36-15)13-16-9-17(26(28,29)30)11-18(10-16)27(31,32)33)22-20(12-34)23(35)40(37-22)19-5-7-38(8-6-19)24(41)42-25(2,3)4/h9-11,14,19,24,41H,5-8,13,35H2,1-4H3. The quantitative estimate of drug-likeness (QED) is 0.291. The van der Waals surface area contributed by atoms with Crippen LogP contribution in [-0.2, 0) is 23.6 Å². The topological polar surface area (TPSA) is 118 Å². The molecule has 0 saturated carbocycles. The number of rotatable bonds is 6. The highest BCUT2D eigenvalue weighted by molar-refractivity contribution is 5.73. The number of ether oxygens (including phenoxy) is 1. The fraction of sp³-hybridized carbons (Fsp3) is 0.519. The predicted molar refractivity (Wildman–Crippen MR) is 140 cm³/mol. The second kappa shape index (κ2) is 11.2. The first-order valence-electron chi connectivity index (χ1n) is 13.1. The van der Waals surface area contributed by atoms with Crippen LogP contribution in [0.25, 0.3) is 11.3 Å². The molecule has 3 heterocycles. The third-order valence-corrected chi connectivity index (χ3v) is 6.87. The second-order valence-corrected chi connectivity index (χ2v) is 11.2. The molecule has 0 bridgehead atoms. The average molecular weight is 600 g/mol. The van der Waals surface area contributed by atoms with Crippen molar-refractivity contribution >= 4 is 5.82 Å². The van der Waals surface area contributed by atoms with E-state index in [2.05, 4.69) is 10.2 Å². The Balaban J connectivity index is 1.59. The molecule has 1 aromatic carbocycles. The maximum absolute atomic E-state index is 13.3. The number of nitrogens with zero attached hydrogens (tertiary/aromatic N) is 6. The number of likely N-dealkylation sites (tertiary alicyclic amines) is 1. The van der Waals surface area contributed by atoms with Crippen molar-refractivity contribution in [3.8, 4) is 17.3 Å². The van der Waals surface area contributed by atoms with Crippen LogP contribution in [0, 0.1) is 18.3 Å². The number of hydrogen-bond donors (Lipinski definition) is 2. The molecule has 1 fully saturated rings. The first-order chi connectivity index (χ1) is 19.4. The first kappa shape index (κ1) is 31.3. The molecule has 3 aromatic rings. The lowest BCUT2D eigenvalue weighted by Gasteiger charge is -2.37. The van der Waals surface area contributed by atoms with E-state index in [0.717, 1.165) is 0 Å². The molecule has 15 heteroatoms. The summed E-state index contributed by atoms with van der Waals surface area (Å²) in [5.41, 5.74) is 3.69. The molecule has 1 unspecified atom stereocenters. The fourth-order valence-corrected chi connectivity index (χ4v) is 4.90. The van der Waals surface area contributed by atoms with Crippen LogP contribution >= 0.6 is 0 Å². The van der Waals surface area contributed by atoms with Gasteiger partial charge in [-0.25, -0.2) is 4.68 Å². The number of piperidine rings is 1. The van der Waals surface area contributed by atoms with Gasteiger partial charge in [0.15, 0.2) is 0 Å². The summed E-state index contributed by atoms with van der Waals surface area (Å²) in [4.78, 5) is 1.78. The zero-order chi connectivity index (χ0) is 31.2. The minimum Gasteiger partial charge on any atom is -0.383 e. The lowest BCUT2D eigenvalue weighted by atomic mass is 10.0. The van der Waals surface area contributed by atoms with E-state index in [9.17, 15) is 36.7 Å². The number of aryl methyl sites for hydroxylation is 1. The van der Waals surface area contributed by atoms with Crippen molar-refractivity contribution in [1.29, 1.82) is 5.26 Å². The summed E-state index contributed by atoms with van der Waals surface area (Å²) in [5.74, 6) is 0.122. The van der Waals surface area contributed by atoms with Gasteiger partial charge in [0, 0.05) is 24.8 Å². The van der Waals surface area contributed by atoms with Gasteiger partial charge in [0.05, 0.1) is 35.0 Å². The van der Waals surface area contributed by atoms with Gasteiger partial charge in [-0.1, -0.05) is 0 Å². The zero-order valence-corrected chi connectivity index (χ0v) is 23.4. The maximum atomic E-state index is 13.3. The average Bonchev–Trinajstić information content (AvgIpc) is 3.40. The lowest BCUT2D eigenvalue weighted by molar-refractivity contribution is -0.243. The van der Waals surface area contributed by atoms with E-state index >= 15 is 0 Å². The van der Waals surface area contributed by atoms with Crippen molar-refractivity contribution in [1.82, 2.24) is 24.5 Å². The van der Waals surface area contributed by atoms with Crippen LogP contribution in [0.2, 0.25) is 0 Å². The van der Waals surface area contributed by atoms with E-state index < -0.39 is 35.5 Å². The number of alkyl halides is 6. The summed E-state index contributed by atoms with van der Waals surface area (Å²) in [6.07, 6.45) is -8.50. The van der Waals surface area contributed by atoms with Crippen molar-refractivity contribution < 1.29 is 36.2 Å². The SMILES string of the molecule is Cc1nn(Cc2cc(C(F)(F)F)cc(C(F)(F)F)c2)cc1-c1nn(C2CCN(C(O)OC(C)(C)C)CC2)c(N)c1C#N. The Morgan fingerprint density at radius 3 is 2.12 bits per heavy atom. The Morgan fingerprint density at radius 1 is 1.05 bits per heavy atom. The van der Waals surface area contributed by atoms with Gasteiger partial charge in [0.1, 0.15) is 23.1 Å². The Hall–Kier alpha value is -3.61. The molecule has 1 saturated heterocycles. The Bertz CT molecular complexity index is 1440. The molecule has 1 atom stereocenters.